The zero-order valence-electron chi connectivity index (χ0n) is 12.3. The molecular weight excluding hydrogens is 250 g/mol. The Morgan fingerprint density at radius 2 is 2.25 bits per heavy atom. The number of piperidine rings is 1. The molecule has 0 spiro atoms. The van der Waals surface area contributed by atoms with E-state index >= 15 is 0 Å². The van der Waals surface area contributed by atoms with Crippen molar-refractivity contribution in [2.24, 2.45) is 5.92 Å². The molecule has 4 heteroatoms. The number of fused-ring (bicyclic) bond motifs is 1. The first-order valence-corrected chi connectivity index (χ1v) is 7.45. The van der Waals surface area contributed by atoms with Gasteiger partial charge in [0.1, 0.15) is 5.65 Å². The molecule has 2 aromatic rings. The van der Waals surface area contributed by atoms with Gasteiger partial charge in [-0.15, -0.1) is 0 Å². The fraction of sp³-hybridized carbons (Fsp3) is 0.562. The van der Waals surface area contributed by atoms with Gasteiger partial charge in [-0.25, -0.2) is 4.98 Å². The van der Waals surface area contributed by atoms with Crippen LogP contribution in [0.2, 0.25) is 0 Å². The molecule has 0 aromatic carbocycles. The predicted octanol–water partition coefficient (Wildman–Crippen LogP) is 2.24. The summed E-state index contributed by atoms with van der Waals surface area (Å²) in [7, 11) is 0. The van der Waals surface area contributed by atoms with Gasteiger partial charge >= 0.3 is 0 Å². The maximum Gasteiger partial charge on any atom is 0.137 e. The van der Waals surface area contributed by atoms with E-state index in [1.54, 1.807) is 0 Å². The monoisotopic (exact) mass is 273 g/mol. The zero-order valence-corrected chi connectivity index (χ0v) is 12.3. The van der Waals surface area contributed by atoms with Crippen molar-refractivity contribution in [3.05, 3.63) is 35.8 Å². The Bertz CT molecular complexity index is 592. The van der Waals surface area contributed by atoms with Gasteiger partial charge in [-0.3, -0.25) is 4.90 Å². The molecular formula is C16H23N3O. The quantitative estimate of drug-likeness (QED) is 0.932. The minimum absolute atomic E-state index is 0.301. The van der Waals surface area contributed by atoms with Crippen molar-refractivity contribution >= 4 is 5.65 Å². The third kappa shape index (κ3) is 2.58. The smallest absolute Gasteiger partial charge is 0.137 e. The molecule has 3 heterocycles. The predicted molar refractivity (Wildman–Crippen MR) is 79.6 cm³/mol. The maximum atomic E-state index is 9.38. The summed E-state index contributed by atoms with van der Waals surface area (Å²) in [6.45, 7) is 6.56. The van der Waals surface area contributed by atoms with Gasteiger partial charge < -0.3 is 9.51 Å². The van der Waals surface area contributed by atoms with Crippen LogP contribution in [0.25, 0.3) is 5.65 Å². The lowest BCUT2D eigenvalue weighted by Crippen LogP contribution is -2.42. The summed E-state index contributed by atoms with van der Waals surface area (Å²) in [6.07, 6.45) is 6.39. The molecule has 1 fully saturated rings. The molecule has 0 saturated carbocycles. The number of hydrogen-bond donors (Lipinski definition) is 1. The lowest BCUT2D eigenvalue weighted by molar-refractivity contribution is 0.0760. The number of pyridine rings is 1. The summed E-state index contributed by atoms with van der Waals surface area (Å²) in [5, 5.41) is 9.38. The number of likely N-dealkylation sites (tertiary alicyclic amines) is 1. The maximum absolute atomic E-state index is 9.38. The van der Waals surface area contributed by atoms with Crippen LogP contribution in [0.3, 0.4) is 0 Å². The van der Waals surface area contributed by atoms with Crippen molar-refractivity contribution in [2.75, 3.05) is 13.2 Å². The first-order valence-electron chi connectivity index (χ1n) is 7.45. The van der Waals surface area contributed by atoms with Crippen molar-refractivity contribution in [2.45, 2.75) is 39.3 Å². The molecule has 0 amide bonds. The van der Waals surface area contributed by atoms with E-state index in [4.69, 9.17) is 0 Å². The highest BCUT2D eigenvalue weighted by molar-refractivity contribution is 5.42. The third-order valence-corrected chi connectivity index (χ3v) is 4.48. The molecule has 1 aliphatic heterocycles. The first kappa shape index (κ1) is 13.6. The highest BCUT2D eigenvalue weighted by Crippen LogP contribution is 2.23. The molecule has 0 radical (unpaired) electrons. The lowest BCUT2D eigenvalue weighted by Gasteiger charge is -2.37. The minimum Gasteiger partial charge on any atom is -0.396 e. The molecule has 2 aromatic heterocycles. The van der Waals surface area contributed by atoms with Crippen LogP contribution in [-0.2, 0) is 6.54 Å². The van der Waals surface area contributed by atoms with E-state index in [2.05, 4.69) is 46.5 Å². The molecule has 2 atom stereocenters. The van der Waals surface area contributed by atoms with Crippen molar-refractivity contribution in [1.29, 1.82) is 0 Å². The van der Waals surface area contributed by atoms with Gasteiger partial charge in [0.2, 0.25) is 0 Å². The second-order valence-electron chi connectivity index (χ2n) is 6.09. The van der Waals surface area contributed by atoms with E-state index in [1.807, 2.05) is 6.20 Å². The standard InChI is InChI=1S/C16H23N3O/c1-12-5-6-19-15(8-17-16(19)7-12)10-18-9-14(11-20)4-3-13(18)2/h5-8,13-14,20H,3-4,9-11H2,1-2H3. The molecule has 0 bridgehead atoms. The second kappa shape index (κ2) is 5.54. The van der Waals surface area contributed by atoms with Crippen LogP contribution in [0.15, 0.2) is 24.5 Å². The van der Waals surface area contributed by atoms with E-state index < -0.39 is 0 Å². The molecule has 4 nitrogen and oxygen atoms in total. The number of aryl methyl sites for hydroxylation is 1. The Kier molecular flexibility index (Phi) is 3.76. The van der Waals surface area contributed by atoms with Crippen molar-refractivity contribution in [1.82, 2.24) is 14.3 Å². The van der Waals surface area contributed by atoms with Gasteiger partial charge in [0.25, 0.3) is 0 Å². The van der Waals surface area contributed by atoms with Gasteiger partial charge in [-0.1, -0.05) is 0 Å². The Balaban J connectivity index is 1.81. The number of aliphatic hydroxyl groups excluding tert-OH is 1. The highest BCUT2D eigenvalue weighted by atomic mass is 16.3. The van der Waals surface area contributed by atoms with Crippen LogP contribution in [0.5, 0.6) is 0 Å². The van der Waals surface area contributed by atoms with Crippen LogP contribution in [0.4, 0.5) is 0 Å². The van der Waals surface area contributed by atoms with Crippen molar-refractivity contribution in [3.63, 3.8) is 0 Å². The molecule has 2 unspecified atom stereocenters. The van der Waals surface area contributed by atoms with Crippen LogP contribution >= 0.6 is 0 Å². The van der Waals surface area contributed by atoms with Gasteiger partial charge in [0.15, 0.2) is 0 Å². The highest BCUT2D eigenvalue weighted by Gasteiger charge is 2.25. The molecule has 0 aliphatic carbocycles. The van der Waals surface area contributed by atoms with Gasteiger partial charge in [0, 0.05) is 31.9 Å². The molecule has 1 saturated heterocycles. The van der Waals surface area contributed by atoms with E-state index in [1.165, 1.54) is 17.7 Å². The summed E-state index contributed by atoms with van der Waals surface area (Å²) < 4.78 is 2.17. The summed E-state index contributed by atoms with van der Waals surface area (Å²) in [6, 6.07) is 4.81. The zero-order chi connectivity index (χ0) is 14.1. The molecule has 20 heavy (non-hydrogen) atoms. The average Bonchev–Trinajstić information content (AvgIpc) is 2.83. The van der Waals surface area contributed by atoms with Crippen LogP contribution < -0.4 is 0 Å². The number of imidazole rings is 1. The molecule has 3 rings (SSSR count). The first-order chi connectivity index (χ1) is 9.67. The topological polar surface area (TPSA) is 40.8 Å². The largest absolute Gasteiger partial charge is 0.396 e. The van der Waals surface area contributed by atoms with Crippen LogP contribution in [-0.4, -0.2) is 38.6 Å². The second-order valence-corrected chi connectivity index (χ2v) is 6.09. The Hall–Kier alpha value is -1.39. The van der Waals surface area contributed by atoms with E-state index in [9.17, 15) is 5.11 Å². The van der Waals surface area contributed by atoms with E-state index in [0.29, 0.717) is 18.6 Å². The SMILES string of the molecule is Cc1ccn2c(CN3CC(CO)CCC3C)cnc2c1. The fourth-order valence-electron chi connectivity index (χ4n) is 3.09. The number of rotatable bonds is 3. The Morgan fingerprint density at radius 1 is 1.40 bits per heavy atom. The number of aromatic nitrogens is 2. The van der Waals surface area contributed by atoms with E-state index in [0.717, 1.165) is 25.2 Å². The lowest BCUT2D eigenvalue weighted by atomic mass is 9.94. The van der Waals surface area contributed by atoms with Gasteiger partial charge in [0.05, 0.1) is 11.9 Å². The Labute approximate surface area is 120 Å². The molecule has 1 N–H and O–H groups in total. The minimum atomic E-state index is 0.301. The van der Waals surface area contributed by atoms with Gasteiger partial charge in [-0.05, 0) is 50.3 Å². The third-order valence-electron chi connectivity index (χ3n) is 4.48. The van der Waals surface area contributed by atoms with Crippen LogP contribution in [0.1, 0.15) is 31.0 Å². The van der Waals surface area contributed by atoms with Crippen LogP contribution in [0, 0.1) is 12.8 Å². The summed E-state index contributed by atoms with van der Waals surface area (Å²) in [4.78, 5) is 6.96. The van der Waals surface area contributed by atoms with E-state index in [-0.39, 0.29) is 0 Å². The van der Waals surface area contributed by atoms with Gasteiger partial charge in [-0.2, -0.15) is 0 Å². The number of nitrogens with zero attached hydrogens (tertiary/aromatic N) is 3. The van der Waals surface area contributed by atoms with Crippen molar-refractivity contribution in [3.8, 4) is 0 Å². The molecule has 1 aliphatic rings. The summed E-state index contributed by atoms with van der Waals surface area (Å²) in [5.74, 6) is 0.424. The summed E-state index contributed by atoms with van der Waals surface area (Å²) >= 11 is 0. The van der Waals surface area contributed by atoms with Crippen molar-refractivity contribution < 1.29 is 5.11 Å². The molecule has 108 valence electrons. The fourth-order valence-corrected chi connectivity index (χ4v) is 3.09. The summed E-state index contributed by atoms with van der Waals surface area (Å²) in [5.41, 5.74) is 3.48. The number of aliphatic hydroxyl groups is 1. The number of hydrogen-bond acceptors (Lipinski definition) is 3. The average molecular weight is 273 g/mol. The Morgan fingerprint density at radius 3 is 3.05 bits per heavy atom. The normalized spacial score (nSPS) is 24.4.